The molecule has 0 aliphatic carbocycles. The summed E-state index contributed by atoms with van der Waals surface area (Å²) in [5.74, 6) is -1.24. The van der Waals surface area contributed by atoms with Crippen LogP contribution in [0.5, 0.6) is 0 Å². The van der Waals surface area contributed by atoms with Crippen LogP contribution in [0.25, 0.3) is 0 Å². The van der Waals surface area contributed by atoms with Gasteiger partial charge in [-0.25, -0.2) is 4.79 Å². The Bertz CT molecular complexity index is 846. The summed E-state index contributed by atoms with van der Waals surface area (Å²) < 4.78 is 5.17. The molecule has 0 aromatic heterocycles. The van der Waals surface area contributed by atoms with Gasteiger partial charge >= 0.3 is 6.09 Å². The monoisotopic (exact) mass is 402 g/mol. The lowest BCUT2D eigenvalue weighted by Gasteiger charge is -2.28. The highest BCUT2D eigenvalue weighted by molar-refractivity contribution is 6.25. The van der Waals surface area contributed by atoms with Gasteiger partial charge in [0.05, 0.1) is 11.1 Å². The number of benzene rings is 1. The maximum Gasteiger partial charge on any atom is 0.407 e. The van der Waals surface area contributed by atoms with Gasteiger partial charge in [0.2, 0.25) is 5.91 Å². The van der Waals surface area contributed by atoms with Gasteiger partial charge in [-0.3, -0.25) is 19.3 Å². The molecule has 1 unspecified atom stereocenters. The maximum absolute atomic E-state index is 13.0. The highest BCUT2D eigenvalue weighted by Crippen LogP contribution is 2.32. The molecule has 0 bridgehead atoms. The van der Waals surface area contributed by atoms with E-state index in [1.165, 1.54) is 0 Å². The number of carbonyl (C=O) groups is 4. The minimum absolute atomic E-state index is 0.258. The molecule has 0 saturated carbocycles. The first-order chi connectivity index (χ1) is 13.7. The van der Waals surface area contributed by atoms with E-state index in [2.05, 4.69) is 16.0 Å². The zero-order valence-electron chi connectivity index (χ0n) is 16.8. The molecule has 1 saturated heterocycles. The standard InChI is InChI=1S/C20H26N4O5/c1-20(2,3)29-19(28)23-11-10-21-13-7-4-6-12-15(13)18(27)24(17(12)26)14-8-5-9-22-16(14)25/h4,6-7,14,21H,5,8-11H2,1-3H3,(H,22,25)(H,23,28). The van der Waals surface area contributed by atoms with Gasteiger partial charge in [0.1, 0.15) is 11.6 Å². The fraction of sp³-hybridized carbons (Fsp3) is 0.500. The summed E-state index contributed by atoms with van der Waals surface area (Å²) in [6, 6.07) is 4.18. The Kier molecular flexibility index (Phi) is 5.76. The molecule has 9 nitrogen and oxygen atoms in total. The lowest BCUT2D eigenvalue weighted by atomic mass is 10.1. The van der Waals surface area contributed by atoms with Crippen molar-refractivity contribution in [3.63, 3.8) is 0 Å². The van der Waals surface area contributed by atoms with E-state index in [1.807, 2.05) is 0 Å². The normalized spacial score (nSPS) is 18.9. The average Bonchev–Trinajstić information content (AvgIpc) is 2.89. The Balaban J connectivity index is 1.66. The highest BCUT2D eigenvalue weighted by atomic mass is 16.6. The summed E-state index contributed by atoms with van der Waals surface area (Å²) in [6.45, 7) is 6.49. The van der Waals surface area contributed by atoms with Gasteiger partial charge in [0.15, 0.2) is 0 Å². The van der Waals surface area contributed by atoms with E-state index in [4.69, 9.17) is 4.74 Å². The topological polar surface area (TPSA) is 117 Å². The van der Waals surface area contributed by atoms with E-state index in [9.17, 15) is 19.2 Å². The van der Waals surface area contributed by atoms with Gasteiger partial charge in [0, 0.05) is 25.3 Å². The van der Waals surface area contributed by atoms with Crippen molar-refractivity contribution in [2.75, 3.05) is 25.0 Å². The Morgan fingerprint density at radius 3 is 2.66 bits per heavy atom. The molecule has 2 aliphatic heterocycles. The molecule has 1 aromatic carbocycles. The van der Waals surface area contributed by atoms with Crippen molar-refractivity contribution >= 4 is 29.5 Å². The minimum Gasteiger partial charge on any atom is -0.444 e. The number of carbonyl (C=O) groups excluding carboxylic acids is 4. The van der Waals surface area contributed by atoms with Gasteiger partial charge in [-0.15, -0.1) is 0 Å². The quantitative estimate of drug-likeness (QED) is 0.508. The van der Waals surface area contributed by atoms with Crippen molar-refractivity contribution in [3.8, 4) is 0 Å². The van der Waals surface area contributed by atoms with Crippen molar-refractivity contribution < 1.29 is 23.9 Å². The van der Waals surface area contributed by atoms with Crippen molar-refractivity contribution in [3.05, 3.63) is 29.3 Å². The second kappa shape index (κ2) is 8.10. The molecule has 29 heavy (non-hydrogen) atoms. The summed E-state index contributed by atoms with van der Waals surface area (Å²) in [7, 11) is 0. The van der Waals surface area contributed by atoms with E-state index in [1.54, 1.807) is 39.0 Å². The molecule has 1 fully saturated rings. The van der Waals surface area contributed by atoms with Crippen LogP contribution in [-0.2, 0) is 9.53 Å². The zero-order valence-corrected chi connectivity index (χ0v) is 16.8. The number of anilines is 1. The number of piperidine rings is 1. The number of rotatable bonds is 5. The molecule has 3 rings (SSSR count). The van der Waals surface area contributed by atoms with E-state index < -0.39 is 29.6 Å². The summed E-state index contributed by atoms with van der Waals surface area (Å²) in [6.07, 6.45) is 0.642. The molecule has 2 aliphatic rings. The third kappa shape index (κ3) is 4.49. The summed E-state index contributed by atoms with van der Waals surface area (Å²) in [5, 5.41) is 8.41. The first-order valence-electron chi connectivity index (χ1n) is 9.68. The number of nitrogens with one attached hydrogen (secondary N) is 3. The lowest BCUT2D eigenvalue weighted by Crippen LogP contribution is -2.52. The molecule has 1 atom stereocenters. The van der Waals surface area contributed by atoms with Gasteiger partial charge in [-0.1, -0.05) is 6.07 Å². The molecule has 0 spiro atoms. The molecular formula is C20H26N4O5. The van der Waals surface area contributed by atoms with E-state index >= 15 is 0 Å². The second-order valence-corrected chi connectivity index (χ2v) is 8.01. The molecule has 9 heteroatoms. The van der Waals surface area contributed by atoms with Crippen LogP contribution < -0.4 is 16.0 Å². The molecule has 156 valence electrons. The molecular weight excluding hydrogens is 376 g/mol. The molecule has 1 aromatic rings. The van der Waals surface area contributed by atoms with Crippen molar-refractivity contribution in [2.45, 2.75) is 45.3 Å². The van der Waals surface area contributed by atoms with E-state index in [0.717, 1.165) is 4.90 Å². The number of fused-ring (bicyclic) bond motifs is 1. The second-order valence-electron chi connectivity index (χ2n) is 8.01. The average molecular weight is 402 g/mol. The zero-order chi connectivity index (χ0) is 21.2. The summed E-state index contributed by atoms with van der Waals surface area (Å²) >= 11 is 0. The largest absolute Gasteiger partial charge is 0.444 e. The van der Waals surface area contributed by atoms with Crippen LogP contribution in [-0.4, -0.2) is 60.0 Å². The SMILES string of the molecule is CC(C)(C)OC(=O)NCCNc1cccc2c1C(=O)N(C1CCCNC1=O)C2=O. The molecule has 0 radical (unpaired) electrons. The number of imide groups is 1. The van der Waals surface area contributed by atoms with Crippen LogP contribution in [0.3, 0.4) is 0 Å². The number of alkyl carbamates (subject to hydrolysis) is 1. The van der Waals surface area contributed by atoms with Gasteiger partial charge in [-0.05, 0) is 45.7 Å². The minimum atomic E-state index is -0.780. The van der Waals surface area contributed by atoms with Crippen molar-refractivity contribution in [1.29, 1.82) is 0 Å². The van der Waals surface area contributed by atoms with Gasteiger partial charge < -0.3 is 20.7 Å². The maximum atomic E-state index is 13.0. The lowest BCUT2D eigenvalue weighted by molar-refractivity contribution is -0.126. The van der Waals surface area contributed by atoms with Crippen LogP contribution in [0.1, 0.15) is 54.3 Å². The Labute approximate surface area is 169 Å². The number of nitrogens with zero attached hydrogens (tertiary/aromatic N) is 1. The first kappa shape index (κ1) is 20.6. The van der Waals surface area contributed by atoms with E-state index in [0.29, 0.717) is 31.6 Å². The van der Waals surface area contributed by atoms with Crippen LogP contribution in [0.4, 0.5) is 10.5 Å². The van der Waals surface area contributed by atoms with Crippen molar-refractivity contribution in [1.82, 2.24) is 15.5 Å². The Morgan fingerprint density at radius 1 is 1.21 bits per heavy atom. The number of ether oxygens (including phenoxy) is 1. The third-order valence-electron chi connectivity index (χ3n) is 4.62. The fourth-order valence-electron chi connectivity index (χ4n) is 3.41. The van der Waals surface area contributed by atoms with Crippen LogP contribution in [0, 0.1) is 0 Å². The summed E-state index contributed by atoms with van der Waals surface area (Å²) in [4.78, 5) is 50.7. The van der Waals surface area contributed by atoms with Gasteiger partial charge in [0.25, 0.3) is 11.8 Å². The number of hydrogen-bond acceptors (Lipinski definition) is 6. The van der Waals surface area contributed by atoms with Crippen molar-refractivity contribution in [2.24, 2.45) is 0 Å². The number of hydrogen-bond donors (Lipinski definition) is 3. The van der Waals surface area contributed by atoms with E-state index in [-0.39, 0.29) is 23.6 Å². The highest BCUT2D eigenvalue weighted by Gasteiger charge is 2.44. The van der Waals surface area contributed by atoms with Crippen LogP contribution in [0.2, 0.25) is 0 Å². The Morgan fingerprint density at radius 2 is 1.97 bits per heavy atom. The smallest absolute Gasteiger partial charge is 0.407 e. The molecule has 3 N–H and O–H groups in total. The Hall–Kier alpha value is -3.10. The molecule has 2 heterocycles. The predicted molar refractivity (Wildman–Crippen MR) is 106 cm³/mol. The van der Waals surface area contributed by atoms with Crippen LogP contribution in [0.15, 0.2) is 18.2 Å². The number of amides is 4. The first-order valence-corrected chi connectivity index (χ1v) is 9.68. The van der Waals surface area contributed by atoms with Crippen LogP contribution >= 0.6 is 0 Å². The third-order valence-corrected chi connectivity index (χ3v) is 4.62. The summed E-state index contributed by atoms with van der Waals surface area (Å²) in [5.41, 5.74) is 0.441. The van der Waals surface area contributed by atoms with Gasteiger partial charge in [-0.2, -0.15) is 0 Å². The predicted octanol–water partition coefficient (Wildman–Crippen LogP) is 1.50. The molecule has 4 amide bonds. The fourth-order valence-corrected chi connectivity index (χ4v) is 3.41.